The lowest BCUT2D eigenvalue weighted by atomic mass is 10.1. The van der Waals surface area contributed by atoms with Crippen molar-refractivity contribution in [2.45, 2.75) is 32.9 Å². The van der Waals surface area contributed by atoms with Gasteiger partial charge in [0.05, 0.1) is 11.3 Å². The molecule has 0 amide bonds. The summed E-state index contributed by atoms with van der Waals surface area (Å²) in [6.07, 6.45) is -2.46. The minimum atomic E-state index is -4.34. The summed E-state index contributed by atoms with van der Waals surface area (Å²) in [6.45, 7) is 4.05. The molecule has 0 aliphatic carbocycles. The number of hydrogen-bond donors (Lipinski definition) is 1. The first-order chi connectivity index (χ1) is 11.4. The van der Waals surface area contributed by atoms with E-state index in [2.05, 4.69) is 16.9 Å². The third-order valence-corrected chi connectivity index (χ3v) is 3.81. The molecule has 0 bridgehead atoms. The Balaban J connectivity index is 1.86. The smallest absolute Gasteiger partial charge is 0.416 e. The Morgan fingerprint density at radius 2 is 1.71 bits per heavy atom. The van der Waals surface area contributed by atoms with Crippen LogP contribution in [0.2, 0.25) is 0 Å². The van der Waals surface area contributed by atoms with Gasteiger partial charge in [0.25, 0.3) is 0 Å². The van der Waals surface area contributed by atoms with Crippen molar-refractivity contribution >= 4 is 0 Å². The Morgan fingerprint density at radius 3 is 2.33 bits per heavy atom. The second kappa shape index (κ2) is 6.19. The maximum absolute atomic E-state index is 12.6. The Kier molecular flexibility index (Phi) is 4.22. The summed E-state index contributed by atoms with van der Waals surface area (Å²) in [5, 5.41) is 0. The molecular formula is C18H17F3N2O. The van der Waals surface area contributed by atoms with Crippen LogP contribution in [0.4, 0.5) is 13.2 Å². The molecule has 0 radical (unpaired) electrons. The van der Waals surface area contributed by atoms with Crippen LogP contribution in [-0.4, -0.2) is 9.97 Å². The highest BCUT2D eigenvalue weighted by Gasteiger charge is 2.30. The zero-order valence-electron chi connectivity index (χ0n) is 13.4. The fourth-order valence-electron chi connectivity index (χ4n) is 2.54. The molecule has 0 aliphatic rings. The number of aromatic nitrogens is 2. The molecule has 3 nitrogen and oxygen atoms in total. The van der Waals surface area contributed by atoms with Gasteiger partial charge in [-0.05, 0) is 37.6 Å². The summed E-state index contributed by atoms with van der Waals surface area (Å²) >= 11 is 0. The van der Waals surface area contributed by atoms with Crippen LogP contribution in [-0.2, 0) is 12.6 Å². The van der Waals surface area contributed by atoms with E-state index in [1.165, 1.54) is 12.1 Å². The first-order valence-corrected chi connectivity index (χ1v) is 7.72. The third kappa shape index (κ3) is 3.22. The molecule has 0 saturated carbocycles. The van der Waals surface area contributed by atoms with E-state index in [1.807, 2.05) is 6.92 Å². The van der Waals surface area contributed by atoms with Crippen molar-refractivity contribution in [2.75, 3.05) is 0 Å². The highest BCUT2D eigenvalue weighted by molar-refractivity contribution is 5.62. The van der Waals surface area contributed by atoms with Gasteiger partial charge in [-0.15, -0.1) is 0 Å². The first-order valence-electron chi connectivity index (χ1n) is 7.72. The number of benzene rings is 1. The lowest BCUT2D eigenvalue weighted by molar-refractivity contribution is -0.137. The number of H-pyrrole nitrogens is 1. The minimum absolute atomic E-state index is 0.504. The Bertz CT molecular complexity index is 829. The molecule has 6 heteroatoms. The number of aromatic amines is 1. The van der Waals surface area contributed by atoms with Gasteiger partial charge in [0.15, 0.2) is 11.6 Å². The van der Waals surface area contributed by atoms with Crippen molar-refractivity contribution in [1.82, 2.24) is 9.97 Å². The van der Waals surface area contributed by atoms with Crippen LogP contribution in [0.3, 0.4) is 0 Å². The molecule has 1 aromatic carbocycles. The monoisotopic (exact) mass is 334 g/mol. The van der Waals surface area contributed by atoms with Crippen molar-refractivity contribution in [3.63, 3.8) is 0 Å². The molecule has 0 spiro atoms. The summed E-state index contributed by atoms with van der Waals surface area (Å²) in [4.78, 5) is 7.71. The van der Waals surface area contributed by atoms with Gasteiger partial charge < -0.3 is 9.40 Å². The molecule has 0 fully saturated rings. The van der Waals surface area contributed by atoms with E-state index in [9.17, 15) is 13.2 Å². The number of rotatable bonds is 4. The lowest BCUT2D eigenvalue weighted by Crippen LogP contribution is -2.03. The summed E-state index contributed by atoms with van der Waals surface area (Å²) < 4.78 is 43.6. The minimum Gasteiger partial charge on any atom is -0.453 e. The number of imidazole rings is 1. The average molecular weight is 334 g/mol. The van der Waals surface area contributed by atoms with E-state index >= 15 is 0 Å². The van der Waals surface area contributed by atoms with Gasteiger partial charge in [-0.25, -0.2) is 4.98 Å². The number of aryl methyl sites for hydroxylation is 2. The molecule has 0 aliphatic heterocycles. The number of furan rings is 1. The van der Waals surface area contributed by atoms with Crippen molar-refractivity contribution < 1.29 is 17.6 Å². The average Bonchev–Trinajstić information content (AvgIpc) is 3.15. The predicted molar refractivity (Wildman–Crippen MR) is 85.5 cm³/mol. The molecule has 24 heavy (non-hydrogen) atoms. The summed E-state index contributed by atoms with van der Waals surface area (Å²) in [5.41, 5.74) is 1.91. The maximum atomic E-state index is 12.6. The second-order valence-electron chi connectivity index (χ2n) is 5.65. The molecule has 0 saturated heterocycles. The van der Waals surface area contributed by atoms with E-state index in [0.29, 0.717) is 22.9 Å². The van der Waals surface area contributed by atoms with E-state index in [4.69, 9.17) is 4.42 Å². The summed E-state index contributed by atoms with van der Waals surface area (Å²) in [7, 11) is 0. The normalized spacial score (nSPS) is 11.9. The lowest BCUT2D eigenvalue weighted by Gasteiger charge is -2.06. The zero-order chi connectivity index (χ0) is 17.3. The molecular weight excluding hydrogens is 317 g/mol. The zero-order valence-corrected chi connectivity index (χ0v) is 13.4. The predicted octanol–water partition coefficient (Wildman–Crippen LogP) is 5.62. The van der Waals surface area contributed by atoms with Crippen LogP contribution in [0, 0.1) is 6.92 Å². The fraction of sp³-hybridized carbons (Fsp3) is 0.278. The standard InChI is InChI=1S/C18H17F3N2O/c1-3-4-14-11(2)22-17(23-14)16-10-9-15(24-16)12-5-7-13(8-6-12)18(19,20)21/h5-10H,3-4H2,1-2H3,(H,22,23). The molecule has 1 N–H and O–H groups in total. The van der Waals surface area contributed by atoms with Crippen LogP contribution in [0.1, 0.15) is 30.3 Å². The molecule has 2 heterocycles. The van der Waals surface area contributed by atoms with Crippen molar-refractivity contribution in [3.8, 4) is 22.9 Å². The second-order valence-corrected chi connectivity index (χ2v) is 5.65. The van der Waals surface area contributed by atoms with Crippen LogP contribution in [0.25, 0.3) is 22.9 Å². The number of halogens is 3. The van der Waals surface area contributed by atoms with Crippen LogP contribution in [0.5, 0.6) is 0 Å². The molecule has 2 aromatic heterocycles. The van der Waals surface area contributed by atoms with Gasteiger partial charge in [-0.3, -0.25) is 0 Å². The summed E-state index contributed by atoms with van der Waals surface area (Å²) in [6, 6.07) is 8.40. The van der Waals surface area contributed by atoms with Crippen LogP contribution < -0.4 is 0 Å². The highest BCUT2D eigenvalue weighted by atomic mass is 19.4. The van der Waals surface area contributed by atoms with Crippen molar-refractivity contribution in [3.05, 3.63) is 53.3 Å². The van der Waals surface area contributed by atoms with Gasteiger partial charge in [0, 0.05) is 11.3 Å². The molecule has 3 rings (SSSR count). The van der Waals surface area contributed by atoms with Gasteiger partial charge in [-0.1, -0.05) is 25.5 Å². The van der Waals surface area contributed by atoms with E-state index in [-0.39, 0.29) is 0 Å². The van der Waals surface area contributed by atoms with Crippen LogP contribution >= 0.6 is 0 Å². The molecule has 0 atom stereocenters. The number of nitrogens with zero attached hydrogens (tertiary/aromatic N) is 1. The van der Waals surface area contributed by atoms with E-state index < -0.39 is 11.7 Å². The largest absolute Gasteiger partial charge is 0.453 e. The first kappa shape index (κ1) is 16.4. The van der Waals surface area contributed by atoms with Gasteiger partial charge in [0.2, 0.25) is 0 Å². The third-order valence-electron chi connectivity index (χ3n) is 3.81. The Morgan fingerprint density at radius 1 is 1.04 bits per heavy atom. The maximum Gasteiger partial charge on any atom is 0.416 e. The summed E-state index contributed by atoms with van der Waals surface area (Å²) in [5.74, 6) is 1.70. The van der Waals surface area contributed by atoms with Crippen LogP contribution in [0.15, 0.2) is 40.8 Å². The van der Waals surface area contributed by atoms with Gasteiger partial charge >= 0.3 is 6.18 Å². The Labute approximate surface area is 137 Å². The number of alkyl halides is 3. The number of nitrogens with one attached hydrogen (secondary N) is 1. The Hall–Kier alpha value is -2.50. The number of hydrogen-bond acceptors (Lipinski definition) is 2. The van der Waals surface area contributed by atoms with E-state index in [0.717, 1.165) is 36.4 Å². The van der Waals surface area contributed by atoms with Crippen molar-refractivity contribution in [2.24, 2.45) is 0 Å². The van der Waals surface area contributed by atoms with Gasteiger partial charge in [0.1, 0.15) is 5.76 Å². The quantitative estimate of drug-likeness (QED) is 0.673. The molecule has 0 unspecified atom stereocenters. The van der Waals surface area contributed by atoms with E-state index in [1.54, 1.807) is 12.1 Å². The van der Waals surface area contributed by atoms with Crippen molar-refractivity contribution in [1.29, 1.82) is 0 Å². The highest BCUT2D eigenvalue weighted by Crippen LogP contribution is 2.32. The molecule has 126 valence electrons. The molecule has 3 aromatic rings. The fourth-order valence-corrected chi connectivity index (χ4v) is 2.54. The van der Waals surface area contributed by atoms with Gasteiger partial charge in [-0.2, -0.15) is 13.2 Å². The SMILES string of the molecule is CCCc1nc(-c2ccc(-c3ccc(C(F)(F)F)cc3)o2)[nH]c1C. The topological polar surface area (TPSA) is 41.8 Å².